The topological polar surface area (TPSA) is 47.8 Å². The molecule has 1 saturated carbocycles. The van der Waals surface area contributed by atoms with Crippen molar-refractivity contribution in [1.82, 2.24) is 14.8 Å². The van der Waals surface area contributed by atoms with Gasteiger partial charge in [0.05, 0.1) is 6.20 Å². The lowest BCUT2D eigenvalue weighted by Gasteiger charge is -1.93. The molecule has 16 heavy (non-hydrogen) atoms. The van der Waals surface area contributed by atoms with Gasteiger partial charge in [-0.25, -0.2) is 9.67 Å². The average molecular weight is 233 g/mol. The molecule has 0 aliphatic heterocycles. The third-order valence-electron chi connectivity index (χ3n) is 2.68. The highest BCUT2D eigenvalue weighted by Crippen LogP contribution is 2.39. The summed E-state index contributed by atoms with van der Waals surface area (Å²) in [5, 5.41) is 6.67. The molecular formula is C11H11N3OS. The van der Waals surface area contributed by atoms with Crippen LogP contribution in [0.3, 0.4) is 0 Å². The molecule has 1 aliphatic carbocycles. The number of Topliss-reactive ketones (excluding diaryl/α,β-unsaturated/α-hetero) is 1. The van der Waals surface area contributed by atoms with Gasteiger partial charge in [-0.05, 0) is 24.3 Å². The van der Waals surface area contributed by atoms with E-state index < -0.39 is 0 Å². The van der Waals surface area contributed by atoms with E-state index in [1.54, 1.807) is 4.68 Å². The summed E-state index contributed by atoms with van der Waals surface area (Å²) in [6.07, 6.45) is 6.43. The summed E-state index contributed by atoms with van der Waals surface area (Å²) in [6, 6.07) is 0. The van der Waals surface area contributed by atoms with E-state index in [1.807, 2.05) is 17.8 Å². The number of ketones is 1. The number of aromatic nitrogens is 3. The van der Waals surface area contributed by atoms with E-state index in [0.717, 1.165) is 5.82 Å². The van der Waals surface area contributed by atoms with Gasteiger partial charge in [0, 0.05) is 18.5 Å². The molecule has 1 fully saturated rings. The Bertz CT molecular complexity index is 539. The molecule has 3 rings (SSSR count). The zero-order valence-corrected chi connectivity index (χ0v) is 9.70. The Labute approximate surface area is 96.9 Å². The van der Waals surface area contributed by atoms with Crippen LogP contribution in [0.1, 0.15) is 41.0 Å². The van der Waals surface area contributed by atoms with Gasteiger partial charge >= 0.3 is 0 Å². The van der Waals surface area contributed by atoms with Gasteiger partial charge in [0.25, 0.3) is 0 Å². The van der Waals surface area contributed by atoms with E-state index in [2.05, 4.69) is 10.1 Å². The fourth-order valence-corrected chi connectivity index (χ4v) is 2.31. The lowest BCUT2D eigenvalue weighted by molar-refractivity contribution is 0.101. The summed E-state index contributed by atoms with van der Waals surface area (Å²) in [5.41, 5.74) is 1.28. The molecule has 0 amide bonds. The highest BCUT2D eigenvalue weighted by Gasteiger charge is 2.25. The third kappa shape index (κ3) is 1.67. The molecule has 0 N–H and O–H groups in total. The van der Waals surface area contributed by atoms with Crippen LogP contribution in [0.4, 0.5) is 0 Å². The van der Waals surface area contributed by atoms with E-state index in [9.17, 15) is 4.79 Å². The molecule has 0 atom stereocenters. The van der Waals surface area contributed by atoms with Gasteiger partial charge in [-0.15, -0.1) is 11.3 Å². The van der Waals surface area contributed by atoms with Crippen LogP contribution in [-0.4, -0.2) is 20.5 Å². The number of thiazole rings is 1. The first-order valence-electron chi connectivity index (χ1n) is 5.25. The largest absolute Gasteiger partial charge is 0.292 e. The molecule has 0 radical (unpaired) electrons. The molecule has 82 valence electrons. The summed E-state index contributed by atoms with van der Waals surface area (Å²) >= 11 is 1.36. The first-order valence-corrected chi connectivity index (χ1v) is 6.13. The molecule has 2 aromatic rings. The molecule has 2 heterocycles. The predicted molar refractivity (Wildman–Crippen MR) is 61.2 cm³/mol. The summed E-state index contributed by atoms with van der Waals surface area (Å²) in [6.45, 7) is 1.53. The first-order chi connectivity index (χ1) is 7.74. The van der Waals surface area contributed by atoms with E-state index >= 15 is 0 Å². The smallest absolute Gasteiger partial charge is 0.188 e. The van der Waals surface area contributed by atoms with E-state index in [-0.39, 0.29) is 5.78 Å². The number of nitrogens with zero attached hydrogens (tertiary/aromatic N) is 3. The second kappa shape index (κ2) is 3.52. The second-order valence-corrected chi connectivity index (χ2v) is 4.92. The van der Waals surface area contributed by atoms with Crippen LogP contribution in [0, 0.1) is 0 Å². The molecule has 2 aromatic heterocycles. The maximum Gasteiger partial charge on any atom is 0.188 e. The number of hydrogen-bond acceptors (Lipinski definition) is 4. The zero-order chi connectivity index (χ0) is 11.1. The lowest BCUT2D eigenvalue weighted by Crippen LogP contribution is -1.96. The molecular weight excluding hydrogens is 222 g/mol. The fraction of sp³-hybridized carbons (Fsp3) is 0.364. The van der Waals surface area contributed by atoms with Gasteiger partial charge < -0.3 is 0 Å². The van der Waals surface area contributed by atoms with Crippen molar-refractivity contribution in [2.45, 2.75) is 25.7 Å². The minimum absolute atomic E-state index is 0.00539. The second-order valence-electron chi connectivity index (χ2n) is 4.06. The Morgan fingerprint density at radius 2 is 2.38 bits per heavy atom. The SMILES string of the molecule is CC(=O)c1nc(-n2cc(C3CC3)cn2)cs1. The summed E-state index contributed by atoms with van der Waals surface area (Å²) in [7, 11) is 0. The van der Waals surface area contributed by atoms with E-state index in [4.69, 9.17) is 0 Å². The van der Waals surface area contributed by atoms with Gasteiger partial charge in [-0.1, -0.05) is 0 Å². The summed E-state index contributed by atoms with van der Waals surface area (Å²) in [5.74, 6) is 1.44. The molecule has 0 aromatic carbocycles. The molecule has 1 aliphatic rings. The molecule has 0 saturated heterocycles. The summed E-state index contributed by atoms with van der Waals surface area (Å²) in [4.78, 5) is 15.4. The van der Waals surface area contributed by atoms with Crippen LogP contribution in [0.15, 0.2) is 17.8 Å². The maximum absolute atomic E-state index is 11.1. The van der Waals surface area contributed by atoms with Crippen molar-refractivity contribution < 1.29 is 4.79 Å². The number of rotatable bonds is 3. The average Bonchev–Trinajstić information content (AvgIpc) is 2.83. The quantitative estimate of drug-likeness (QED) is 0.765. The van der Waals surface area contributed by atoms with Crippen molar-refractivity contribution in [3.8, 4) is 5.82 Å². The van der Waals surface area contributed by atoms with Crippen molar-refractivity contribution in [1.29, 1.82) is 0 Å². The van der Waals surface area contributed by atoms with Crippen molar-refractivity contribution >= 4 is 17.1 Å². The molecule has 0 unspecified atom stereocenters. The molecule has 4 nitrogen and oxygen atoms in total. The standard InChI is InChI=1S/C11H11N3OS/c1-7(15)11-13-10(6-16-11)14-5-9(4-12-14)8-2-3-8/h4-6,8H,2-3H2,1H3. The zero-order valence-electron chi connectivity index (χ0n) is 8.88. The molecule has 5 heteroatoms. The Morgan fingerprint density at radius 1 is 1.56 bits per heavy atom. The first kappa shape index (κ1) is 9.72. The van der Waals surface area contributed by atoms with Crippen molar-refractivity contribution in [2.24, 2.45) is 0 Å². The predicted octanol–water partition coefficient (Wildman–Crippen LogP) is 2.41. The summed E-state index contributed by atoms with van der Waals surface area (Å²) < 4.78 is 1.75. The fourth-order valence-electron chi connectivity index (χ4n) is 1.62. The van der Waals surface area contributed by atoms with E-state index in [1.165, 1.54) is 36.7 Å². The Hall–Kier alpha value is -1.49. The Morgan fingerprint density at radius 3 is 3.00 bits per heavy atom. The molecule has 0 bridgehead atoms. The van der Waals surface area contributed by atoms with Gasteiger partial charge in [0.15, 0.2) is 16.6 Å². The molecule has 0 spiro atoms. The highest BCUT2D eigenvalue weighted by atomic mass is 32.1. The van der Waals surface area contributed by atoms with Gasteiger partial charge in [0.1, 0.15) is 0 Å². The number of hydrogen-bond donors (Lipinski definition) is 0. The van der Waals surface area contributed by atoms with Crippen LogP contribution in [0.25, 0.3) is 5.82 Å². The van der Waals surface area contributed by atoms with Crippen LogP contribution >= 0.6 is 11.3 Å². The van der Waals surface area contributed by atoms with Crippen LogP contribution in [0.5, 0.6) is 0 Å². The van der Waals surface area contributed by atoms with Crippen molar-refractivity contribution in [3.63, 3.8) is 0 Å². The van der Waals surface area contributed by atoms with Crippen molar-refractivity contribution in [3.05, 3.63) is 28.3 Å². The van der Waals surface area contributed by atoms with Crippen LogP contribution < -0.4 is 0 Å². The van der Waals surface area contributed by atoms with Gasteiger partial charge in [-0.3, -0.25) is 4.79 Å². The van der Waals surface area contributed by atoms with Crippen molar-refractivity contribution in [2.75, 3.05) is 0 Å². The number of carbonyl (C=O) groups excluding carboxylic acids is 1. The lowest BCUT2D eigenvalue weighted by atomic mass is 10.2. The Kier molecular flexibility index (Phi) is 2.14. The van der Waals surface area contributed by atoms with E-state index in [0.29, 0.717) is 10.9 Å². The minimum Gasteiger partial charge on any atom is -0.292 e. The number of carbonyl (C=O) groups is 1. The normalized spacial score (nSPS) is 15.3. The highest BCUT2D eigenvalue weighted by molar-refractivity contribution is 7.11. The Balaban J connectivity index is 1.91. The van der Waals surface area contributed by atoms with Gasteiger partial charge in [-0.2, -0.15) is 5.10 Å². The third-order valence-corrected chi connectivity index (χ3v) is 3.61. The maximum atomic E-state index is 11.1. The minimum atomic E-state index is 0.00539. The van der Waals surface area contributed by atoms with Crippen LogP contribution in [0.2, 0.25) is 0 Å². The van der Waals surface area contributed by atoms with Crippen LogP contribution in [-0.2, 0) is 0 Å². The monoisotopic (exact) mass is 233 g/mol. The van der Waals surface area contributed by atoms with Gasteiger partial charge in [0.2, 0.25) is 0 Å².